The van der Waals surface area contributed by atoms with Gasteiger partial charge in [-0.3, -0.25) is 9.52 Å². The monoisotopic (exact) mass is 376 g/mol. The SMILES string of the molecule is CCOc1ccc([C@@H](C)NC(=O)c2ccc(C)c(NS(C)(=O)=O)c2)cc1. The third kappa shape index (κ3) is 5.49. The van der Waals surface area contributed by atoms with Crippen molar-refractivity contribution >= 4 is 21.6 Å². The molecule has 0 saturated carbocycles. The van der Waals surface area contributed by atoms with Crippen LogP contribution in [0.3, 0.4) is 0 Å². The van der Waals surface area contributed by atoms with Crippen molar-refractivity contribution in [1.29, 1.82) is 0 Å². The molecular weight excluding hydrogens is 352 g/mol. The minimum Gasteiger partial charge on any atom is -0.494 e. The third-order valence-electron chi connectivity index (χ3n) is 3.83. The summed E-state index contributed by atoms with van der Waals surface area (Å²) >= 11 is 0. The molecule has 1 amide bonds. The number of amides is 1. The van der Waals surface area contributed by atoms with E-state index in [2.05, 4.69) is 10.0 Å². The fourth-order valence-corrected chi connectivity index (χ4v) is 3.08. The summed E-state index contributed by atoms with van der Waals surface area (Å²) < 4.78 is 30.7. The first kappa shape index (κ1) is 19.8. The van der Waals surface area contributed by atoms with Crippen molar-refractivity contribution in [3.8, 4) is 5.75 Å². The summed E-state index contributed by atoms with van der Waals surface area (Å²) in [5, 5.41) is 2.92. The summed E-state index contributed by atoms with van der Waals surface area (Å²) in [6.45, 7) is 6.18. The summed E-state index contributed by atoms with van der Waals surface area (Å²) in [5.74, 6) is 0.507. The van der Waals surface area contributed by atoms with Crippen LogP contribution < -0.4 is 14.8 Å². The Morgan fingerprint density at radius 3 is 2.38 bits per heavy atom. The molecule has 140 valence electrons. The van der Waals surface area contributed by atoms with Crippen LogP contribution in [0.4, 0.5) is 5.69 Å². The first-order valence-electron chi connectivity index (χ1n) is 8.31. The number of nitrogens with one attached hydrogen (secondary N) is 2. The highest BCUT2D eigenvalue weighted by molar-refractivity contribution is 7.92. The van der Waals surface area contributed by atoms with Crippen LogP contribution in [0.15, 0.2) is 42.5 Å². The zero-order valence-corrected chi connectivity index (χ0v) is 16.2. The average Bonchev–Trinajstić information content (AvgIpc) is 2.56. The van der Waals surface area contributed by atoms with E-state index in [1.54, 1.807) is 19.1 Å². The predicted octanol–water partition coefficient (Wildman–Crippen LogP) is 3.26. The van der Waals surface area contributed by atoms with Crippen LogP contribution in [0.5, 0.6) is 5.75 Å². The number of anilines is 1. The van der Waals surface area contributed by atoms with E-state index in [0.29, 0.717) is 17.9 Å². The molecule has 0 spiro atoms. The maximum absolute atomic E-state index is 12.5. The molecule has 0 aliphatic carbocycles. The molecule has 1 atom stereocenters. The van der Waals surface area contributed by atoms with Gasteiger partial charge in [0.1, 0.15) is 5.75 Å². The summed E-state index contributed by atoms with van der Waals surface area (Å²) in [6, 6.07) is 12.3. The van der Waals surface area contributed by atoms with Crippen molar-refractivity contribution in [2.24, 2.45) is 0 Å². The van der Waals surface area contributed by atoms with Gasteiger partial charge in [-0.15, -0.1) is 0 Å². The molecule has 0 radical (unpaired) electrons. The van der Waals surface area contributed by atoms with E-state index in [9.17, 15) is 13.2 Å². The summed E-state index contributed by atoms with van der Waals surface area (Å²) in [7, 11) is -3.41. The summed E-state index contributed by atoms with van der Waals surface area (Å²) in [6.07, 6.45) is 1.08. The lowest BCUT2D eigenvalue weighted by molar-refractivity contribution is 0.0940. The molecule has 6 nitrogen and oxygen atoms in total. The number of carbonyl (C=O) groups excluding carboxylic acids is 1. The van der Waals surface area contributed by atoms with Crippen LogP contribution >= 0.6 is 0 Å². The number of ether oxygens (including phenoxy) is 1. The molecule has 0 aliphatic heterocycles. The smallest absolute Gasteiger partial charge is 0.251 e. The number of rotatable bonds is 7. The molecule has 0 bridgehead atoms. The van der Waals surface area contributed by atoms with E-state index in [1.807, 2.05) is 38.1 Å². The second-order valence-electron chi connectivity index (χ2n) is 6.10. The Balaban J connectivity index is 2.12. The van der Waals surface area contributed by atoms with Gasteiger partial charge in [-0.1, -0.05) is 18.2 Å². The van der Waals surface area contributed by atoms with Gasteiger partial charge in [-0.25, -0.2) is 8.42 Å². The summed E-state index contributed by atoms with van der Waals surface area (Å²) in [4.78, 5) is 12.5. The van der Waals surface area contributed by atoms with Crippen molar-refractivity contribution < 1.29 is 17.9 Å². The Morgan fingerprint density at radius 2 is 1.81 bits per heavy atom. The molecule has 0 unspecified atom stereocenters. The van der Waals surface area contributed by atoms with Gasteiger partial charge in [-0.05, 0) is 56.2 Å². The van der Waals surface area contributed by atoms with E-state index in [1.165, 1.54) is 6.07 Å². The highest BCUT2D eigenvalue weighted by Gasteiger charge is 2.14. The zero-order chi connectivity index (χ0) is 19.3. The second-order valence-corrected chi connectivity index (χ2v) is 7.85. The van der Waals surface area contributed by atoms with Gasteiger partial charge in [0.05, 0.1) is 24.6 Å². The van der Waals surface area contributed by atoms with Crippen molar-refractivity contribution in [3.05, 3.63) is 59.2 Å². The van der Waals surface area contributed by atoms with Gasteiger partial charge >= 0.3 is 0 Å². The molecule has 7 heteroatoms. The molecule has 0 aromatic heterocycles. The van der Waals surface area contributed by atoms with Crippen molar-refractivity contribution in [3.63, 3.8) is 0 Å². The Kier molecular flexibility index (Phi) is 6.26. The fraction of sp³-hybridized carbons (Fsp3) is 0.316. The Bertz CT molecular complexity index is 877. The quantitative estimate of drug-likeness (QED) is 0.777. The van der Waals surface area contributed by atoms with E-state index < -0.39 is 10.0 Å². The summed E-state index contributed by atoms with van der Waals surface area (Å²) in [5.41, 5.74) is 2.48. The Labute approximate surface area is 154 Å². The molecule has 0 heterocycles. The van der Waals surface area contributed by atoms with Crippen LogP contribution in [-0.4, -0.2) is 27.2 Å². The van der Waals surface area contributed by atoms with Gasteiger partial charge in [-0.2, -0.15) is 0 Å². The number of hydrogen-bond acceptors (Lipinski definition) is 4. The molecular formula is C19H24N2O4S. The molecule has 0 fully saturated rings. The number of hydrogen-bond donors (Lipinski definition) is 2. The first-order chi connectivity index (χ1) is 12.2. The predicted molar refractivity (Wildman–Crippen MR) is 103 cm³/mol. The molecule has 0 aliphatic rings. The maximum Gasteiger partial charge on any atom is 0.251 e. The highest BCUT2D eigenvalue weighted by Crippen LogP contribution is 2.20. The van der Waals surface area contributed by atoms with Crippen LogP contribution in [0.2, 0.25) is 0 Å². The van der Waals surface area contributed by atoms with Gasteiger partial charge in [0.25, 0.3) is 5.91 Å². The van der Waals surface area contributed by atoms with Crippen molar-refractivity contribution in [1.82, 2.24) is 5.32 Å². The minimum absolute atomic E-state index is 0.203. The van der Waals surface area contributed by atoms with E-state index >= 15 is 0 Å². The van der Waals surface area contributed by atoms with Crippen LogP contribution in [-0.2, 0) is 10.0 Å². The van der Waals surface area contributed by atoms with Crippen LogP contribution in [0.1, 0.15) is 41.4 Å². The van der Waals surface area contributed by atoms with Gasteiger partial charge in [0.15, 0.2) is 0 Å². The number of sulfonamides is 1. The van der Waals surface area contributed by atoms with Crippen molar-refractivity contribution in [2.75, 3.05) is 17.6 Å². The van der Waals surface area contributed by atoms with Crippen LogP contribution in [0.25, 0.3) is 0 Å². The zero-order valence-electron chi connectivity index (χ0n) is 15.4. The number of aryl methyl sites for hydroxylation is 1. The Hall–Kier alpha value is -2.54. The van der Waals surface area contributed by atoms with E-state index in [0.717, 1.165) is 23.1 Å². The standard InChI is InChI=1S/C19H24N2O4S/c1-5-25-17-10-8-15(9-11-17)14(3)20-19(22)16-7-6-13(2)18(12-16)21-26(4,23)24/h6-12,14,21H,5H2,1-4H3,(H,20,22)/t14-/m1/s1. The van der Waals surface area contributed by atoms with Crippen molar-refractivity contribution in [2.45, 2.75) is 26.8 Å². The molecule has 26 heavy (non-hydrogen) atoms. The van der Waals surface area contributed by atoms with Gasteiger partial charge in [0, 0.05) is 5.56 Å². The lowest BCUT2D eigenvalue weighted by atomic mass is 10.1. The molecule has 2 aromatic rings. The number of benzene rings is 2. The third-order valence-corrected chi connectivity index (χ3v) is 4.42. The molecule has 2 N–H and O–H groups in total. The topological polar surface area (TPSA) is 84.5 Å². The minimum atomic E-state index is -3.41. The normalized spacial score (nSPS) is 12.3. The average molecular weight is 376 g/mol. The first-order valence-corrected chi connectivity index (χ1v) is 10.2. The fourth-order valence-electron chi connectivity index (χ4n) is 2.46. The number of carbonyl (C=O) groups is 1. The second kappa shape index (κ2) is 8.23. The van der Waals surface area contributed by atoms with Gasteiger partial charge < -0.3 is 10.1 Å². The lowest BCUT2D eigenvalue weighted by Gasteiger charge is -2.16. The molecule has 2 rings (SSSR count). The van der Waals surface area contributed by atoms with E-state index in [-0.39, 0.29) is 11.9 Å². The van der Waals surface area contributed by atoms with Gasteiger partial charge in [0.2, 0.25) is 10.0 Å². The Morgan fingerprint density at radius 1 is 1.15 bits per heavy atom. The van der Waals surface area contributed by atoms with E-state index in [4.69, 9.17) is 4.74 Å². The largest absolute Gasteiger partial charge is 0.494 e. The molecule has 2 aromatic carbocycles. The lowest BCUT2D eigenvalue weighted by Crippen LogP contribution is -2.26. The maximum atomic E-state index is 12.5. The van der Waals surface area contributed by atoms with Crippen LogP contribution in [0, 0.1) is 6.92 Å². The molecule has 0 saturated heterocycles. The highest BCUT2D eigenvalue weighted by atomic mass is 32.2.